The van der Waals surface area contributed by atoms with Gasteiger partial charge in [-0.05, 0) is 56.8 Å². The van der Waals surface area contributed by atoms with E-state index >= 15 is 0 Å². The number of guanidine groups is 1. The normalized spacial score (nSPS) is 14.6. The topological polar surface area (TPSA) is 95.0 Å². The molecule has 0 spiro atoms. The van der Waals surface area contributed by atoms with Crippen LogP contribution >= 0.6 is 0 Å². The van der Waals surface area contributed by atoms with Gasteiger partial charge in [-0.2, -0.15) is 0 Å². The quantitative estimate of drug-likeness (QED) is 0.465. The zero-order chi connectivity index (χ0) is 22.5. The molecule has 3 aromatic rings. The van der Waals surface area contributed by atoms with Crippen molar-refractivity contribution < 1.29 is 9.53 Å². The zero-order valence-corrected chi connectivity index (χ0v) is 18.3. The fourth-order valence-electron chi connectivity index (χ4n) is 3.71. The van der Waals surface area contributed by atoms with Crippen LogP contribution in [0.25, 0.3) is 16.6 Å². The highest BCUT2D eigenvalue weighted by Crippen LogP contribution is 2.23. The molecule has 0 atom stereocenters. The van der Waals surface area contributed by atoms with E-state index in [0.29, 0.717) is 28.8 Å². The van der Waals surface area contributed by atoms with Gasteiger partial charge in [-0.25, -0.2) is 9.98 Å². The molecular weight excluding hydrogens is 404 g/mol. The van der Waals surface area contributed by atoms with Gasteiger partial charge in [0, 0.05) is 41.9 Å². The van der Waals surface area contributed by atoms with Gasteiger partial charge < -0.3 is 19.9 Å². The lowest BCUT2D eigenvalue weighted by Crippen LogP contribution is -2.27. The summed E-state index contributed by atoms with van der Waals surface area (Å²) in [6, 6.07) is 11.3. The molecule has 1 fully saturated rings. The Hall–Kier alpha value is -3.94. The van der Waals surface area contributed by atoms with Crippen molar-refractivity contribution in [3.8, 4) is 5.75 Å². The summed E-state index contributed by atoms with van der Waals surface area (Å²) in [5, 5.41) is 4.12. The lowest BCUT2D eigenvalue weighted by atomic mass is 10.2. The number of likely N-dealkylation sites (tertiary alicyclic amines) is 1. The van der Waals surface area contributed by atoms with Gasteiger partial charge in [-0.15, -0.1) is 0 Å². The van der Waals surface area contributed by atoms with Crippen LogP contribution in [0.5, 0.6) is 5.75 Å². The molecule has 3 heterocycles. The van der Waals surface area contributed by atoms with E-state index < -0.39 is 0 Å². The first-order chi connectivity index (χ1) is 15.6. The number of pyridine rings is 1. The molecule has 0 bridgehead atoms. The number of H-pyrrole nitrogens is 1. The highest BCUT2D eigenvalue weighted by Gasteiger charge is 2.21. The van der Waals surface area contributed by atoms with Crippen molar-refractivity contribution in [3.63, 3.8) is 0 Å². The van der Waals surface area contributed by atoms with Crippen molar-refractivity contribution in [1.82, 2.24) is 14.9 Å². The van der Waals surface area contributed by atoms with Crippen LogP contribution in [0.4, 0.5) is 5.69 Å². The van der Waals surface area contributed by atoms with Crippen molar-refractivity contribution in [1.29, 1.82) is 0 Å². The third kappa shape index (κ3) is 4.54. The van der Waals surface area contributed by atoms with E-state index in [9.17, 15) is 4.79 Å². The van der Waals surface area contributed by atoms with E-state index in [-0.39, 0.29) is 5.91 Å². The van der Waals surface area contributed by atoms with Gasteiger partial charge in [0.2, 0.25) is 5.96 Å². The number of fused-ring (bicyclic) bond motifs is 1. The molecule has 1 amide bonds. The molecule has 32 heavy (non-hydrogen) atoms. The Balaban J connectivity index is 1.56. The number of aromatic nitrogens is 2. The highest BCUT2D eigenvalue weighted by atomic mass is 16.5. The smallest absolute Gasteiger partial charge is 0.270 e. The first-order valence-corrected chi connectivity index (χ1v) is 10.5. The van der Waals surface area contributed by atoms with Crippen LogP contribution in [-0.2, 0) is 0 Å². The van der Waals surface area contributed by atoms with Gasteiger partial charge in [0.15, 0.2) is 0 Å². The van der Waals surface area contributed by atoms with Gasteiger partial charge in [0.1, 0.15) is 11.4 Å². The van der Waals surface area contributed by atoms with Crippen molar-refractivity contribution in [2.24, 2.45) is 9.98 Å². The molecular formula is C24H26N6O2. The average Bonchev–Trinajstić information content (AvgIpc) is 3.51. The number of methoxy groups -OCH3 is 1. The second-order valence-electron chi connectivity index (χ2n) is 7.46. The van der Waals surface area contributed by atoms with Gasteiger partial charge in [0.25, 0.3) is 5.91 Å². The van der Waals surface area contributed by atoms with E-state index in [1.807, 2.05) is 48.2 Å². The summed E-state index contributed by atoms with van der Waals surface area (Å²) < 4.78 is 5.27. The van der Waals surface area contributed by atoms with Crippen molar-refractivity contribution in [3.05, 3.63) is 60.1 Å². The fraction of sp³-hybridized carbons (Fsp3) is 0.250. The molecule has 0 aliphatic carbocycles. The molecule has 2 N–H and O–H groups in total. The molecule has 1 aliphatic rings. The molecule has 0 saturated carbocycles. The van der Waals surface area contributed by atoms with Gasteiger partial charge in [0.05, 0.1) is 18.5 Å². The minimum absolute atomic E-state index is 0.0479. The number of carbonyl (C=O) groups is 1. The molecule has 0 radical (unpaired) electrons. The number of nitrogens with one attached hydrogen (secondary N) is 2. The standard InChI is InChI=1S/C24H26N6O2/c1-4-19(21-15-18(32-3)9-10-26-21)29-24(25-2)27-17-7-8-20-16(13-17)14-22(28-20)23(31)30-11-5-6-12-30/h4,7-10,13-15,28H,2,5-6,11-12H2,1,3H3,(H,27,29)/b19-4-. The van der Waals surface area contributed by atoms with Gasteiger partial charge >= 0.3 is 0 Å². The first kappa shape index (κ1) is 21.3. The Kier molecular flexibility index (Phi) is 6.30. The number of aliphatic imine (C=N–C) groups is 2. The van der Waals surface area contributed by atoms with Crippen molar-refractivity contribution in [2.45, 2.75) is 19.8 Å². The number of carbonyl (C=O) groups excluding carboxylic acids is 1. The molecule has 1 saturated heterocycles. The lowest BCUT2D eigenvalue weighted by Gasteiger charge is -2.13. The van der Waals surface area contributed by atoms with E-state index in [4.69, 9.17) is 4.74 Å². The average molecular weight is 431 g/mol. The van der Waals surface area contributed by atoms with Crippen LogP contribution in [0.2, 0.25) is 0 Å². The highest BCUT2D eigenvalue weighted by molar-refractivity contribution is 6.02. The summed E-state index contributed by atoms with van der Waals surface area (Å²) in [7, 11) is 1.61. The van der Waals surface area contributed by atoms with Gasteiger partial charge in [-0.1, -0.05) is 6.08 Å². The Morgan fingerprint density at radius 1 is 1.25 bits per heavy atom. The molecule has 164 valence electrons. The third-order valence-corrected chi connectivity index (χ3v) is 5.38. The first-order valence-electron chi connectivity index (χ1n) is 10.5. The molecule has 8 heteroatoms. The maximum absolute atomic E-state index is 12.7. The summed E-state index contributed by atoms with van der Waals surface area (Å²) in [5.74, 6) is 1.08. The van der Waals surface area contributed by atoms with Crippen molar-refractivity contribution >= 4 is 40.9 Å². The van der Waals surface area contributed by atoms with E-state index in [0.717, 1.165) is 42.5 Å². The SMILES string of the molecule is C=NC(=N/C(=C\C)c1cc(OC)ccn1)Nc1ccc2[nH]c(C(=O)N3CCCC3)cc2c1. The maximum atomic E-state index is 12.7. The molecule has 1 aromatic carbocycles. The monoisotopic (exact) mass is 430 g/mol. The van der Waals surface area contributed by atoms with E-state index in [1.54, 1.807) is 19.4 Å². The summed E-state index contributed by atoms with van der Waals surface area (Å²) >= 11 is 0. The predicted octanol–water partition coefficient (Wildman–Crippen LogP) is 4.34. The number of hydrogen-bond donors (Lipinski definition) is 2. The predicted molar refractivity (Wildman–Crippen MR) is 128 cm³/mol. The molecule has 8 nitrogen and oxygen atoms in total. The summed E-state index contributed by atoms with van der Waals surface area (Å²) in [4.78, 5) is 30.7. The van der Waals surface area contributed by atoms with Crippen LogP contribution in [0, 0.1) is 0 Å². The number of benzene rings is 1. The fourth-order valence-corrected chi connectivity index (χ4v) is 3.71. The molecule has 1 aliphatic heterocycles. The van der Waals surface area contributed by atoms with Crippen LogP contribution in [-0.4, -0.2) is 53.7 Å². The number of nitrogens with zero attached hydrogens (tertiary/aromatic N) is 4. The van der Waals surface area contributed by atoms with Crippen molar-refractivity contribution in [2.75, 3.05) is 25.5 Å². The second-order valence-corrected chi connectivity index (χ2v) is 7.46. The Morgan fingerprint density at radius 2 is 2.06 bits per heavy atom. The second kappa shape index (κ2) is 9.47. The summed E-state index contributed by atoms with van der Waals surface area (Å²) in [5.41, 5.74) is 3.60. The van der Waals surface area contributed by atoms with Gasteiger partial charge in [-0.3, -0.25) is 9.78 Å². The Morgan fingerprint density at radius 3 is 2.78 bits per heavy atom. The number of allylic oxidation sites excluding steroid dienone is 1. The summed E-state index contributed by atoms with van der Waals surface area (Å²) in [6.45, 7) is 7.16. The number of rotatable bonds is 5. The van der Waals surface area contributed by atoms with E-state index in [2.05, 4.69) is 32.0 Å². The van der Waals surface area contributed by atoms with Crippen LogP contribution in [0.1, 0.15) is 35.9 Å². The minimum Gasteiger partial charge on any atom is -0.497 e. The zero-order valence-electron chi connectivity index (χ0n) is 18.3. The molecule has 0 unspecified atom stereocenters. The van der Waals surface area contributed by atoms with Crippen LogP contribution < -0.4 is 10.1 Å². The largest absolute Gasteiger partial charge is 0.497 e. The maximum Gasteiger partial charge on any atom is 0.270 e. The van der Waals surface area contributed by atoms with E-state index in [1.165, 1.54) is 0 Å². The Labute approximate surface area is 186 Å². The number of ether oxygens (including phenoxy) is 1. The summed E-state index contributed by atoms with van der Waals surface area (Å²) in [6.07, 6.45) is 5.65. The number of anilines is 1. The minimum atomic E-state index is 0.0479. The van der Waals surface area contributed by atoms with Crippen LogP contribution in [0.3, 0.4) is 0 Å². The third-order valence-electron chi connectivity index (χ3n) is 5.38. The van der Waals surface area contributed by atoms with Crippen LogP contribution in [0.15, 0.2) is 58.7 Å². The number of aromatic amines is 1. The molecule has 4 rings (SSSR count). The number of amides is 1. The molecule has 2 aromatic heterocycles. The lowest BCUT2D eigenvalue weighted by molar-refractivity contribution is 0.0788. The Bertz CT molecular complexity index is 1200. The number of hydrogen-bond acceptors (Lipinski definition) is 4.